The highest BCUT2D eigenvalue weighted by Gasteiger charge is 2.25. The van der Waals surface area contributed by atoms with Crippen LogP contribution in [0.25, 0.3) is 0 Å². The molecule has 0 saturated heterocycles. The average molecular weight is 768 g/mol. The Morgan fingerprint density at radius 1 is 0.564 bits per heavy atom. The summed E-state index contributed by atoms with van der Waals surface area (Å²) in [6.45, 7) is 4.42. The number of allylic oxidation sites excluding steroid dienone is 14. The Bertz CT molecular complexity index is 1170. The van der Waals surface area contributed by atoms with Crippen LogP contribution in [0.2, 0.25) is 0 Å². The van der Waals surface area contributed by atoms with Gasteiger partial charge in [-0.3, -0.25) is 9.59 Å². The van der Waals surface area contributed by atoms with Crippen molar-refractivity contribution in [3.8, 4) is 0 Å². The lowest BCUT2D eigenvalue weighted by Gasteiger charge is -2.34. The quantitative estimate of drug-likeness (QED) is 0.0206. The van der Waals surface area contributed by atoms with Gasteiger partial charge in [0.25, 0.3) is 0 Å². The van der Waals surface area contributed by atoms with Gasteiger partial charge in [-0.25, -0.2) is 0 Å². The van der Waals surface area contributed by atoms with Gasteiger partial charge in [-0.1, -0.05) is 150 Å². The number of carboxylic acids is 1. The number of carbonyl (C=O) groups is 3. The first-order valence-corrected chi connectivity index (χ1v) is 21.2. The second-order valence-electron chi connectivity index (χ2n) is 15.0. The molecule has 0 radical (unpaired) electrons. The van der Waals surface area contributed by atoms with Gasteiger partial charge in [0.15, 0.2) is 6.10 Å². The molecule has 0 aliphatic carbocycles. The monoisotopic (exact) mass is 768 g/mol. The predicted octanol–water partition coefficient (Wildman–Crippen LogP) is 10.0. The van der Waals surface area contributed by atoms with Crippen molar-refractivity contribution >= 4 is 17.9 Å². The summed E-state index contributed by atoms with van der Waals surface area (Å²) < 4.78 is 17.1. The largest absolute Gasteiger partial charge is 0.544 e. The van der Waals surface area contributed by atoms with Crippen LogP contribution in [0.1, 0.15) is 142 Å². The van der Waals surface area contributed by atoms with Crippen molar-refractivity contribution < 1.29 is 38.2 Å². The van der Waals surface area contributed by atoms with E-state index in [4.69, 9.17) is 14.2 Å². The molecule has 0 rings (SSSR count). The van der Waals surface area contributed by atoms with E-state index in [1.807, 2.05) is 60.8 Å². The number of unbranched alkanes of at least 4 members (excludes halogenated alkanes) is 13. The lowest BCUT2D eigenvalue weighted by atomic mass is 10.1. The standard InChI is InChI=1S/C47H77NO7/c1-6-8-10-12-14-16-18-20-22-23-24-26-27-29-31-33-35-37-45(49)54-42-43(41-53-40-39-44(47(51)52)48(3,4)5)55-46(50)38-36-34-32-30-28-25-21-19-17-15-13-11-9-7-2/h8,10,12,14,16,18,20,22-28,43-44H,6-7,9,11,13,15,17,19,21,29-42H2,1-5H3/b10-8+,14-12+,18-16+,22-20+,24-23+,27-26+,28-25+. The molecule has 0 aliphatic heterocycles. The molecule has 8 heteroatoms. The molecule has 0 saturated carbocycles. The molecule has 0 spiro atoms. The summed E-state index contributed by atoms with van der Waals surface area (Å²) >= 11 is 0. The van der Waals surface area contributed by atoms with Gasteiger partial charge in [0.2, 0.25) is 0 Å². The Morgan fingerprint density at radius 2 is 1.04 bits per heavy atom. The molecule has 0 bridgehead atoms. The highest BCUT2D eigenvalue weighted by molar-refractivity contribution is 5.70. The van der Waals surface area contributed by atoms with Crippen molar-refractivity contribution in [3.63, 3.8) is 0 Å². The van der Waals surface area contributed by atoms with Gasteiger partial charge < -0.3 is 28.6 Å². The van der Waals surface area contributed by atoms with Crippen molar-refractivity contribution in [2.45, 2.75) is 154 Å². The zero-order valence-electron chi connectivity index (χ0n) is 35.3. The molecule has 0 fully saturated rings. The van der Waals surface area contributed by atoms with Crippen molar-refractivity contribution in [2.75, 3.05) is 41.0 Å². The molecule has 2 unspecified atom stereocenters. The van der Waals surface area contributed by atoms with Crippen LogP contribution in [0.3, 0.4) is 0 Å². The van der Waals surface area contributed by atoms with E-state index in [0.717, 1.165) is 57.8 Å². The van der Waals surface area contributed by atoms with Gasteiger partial charge in [0.05, 0.1) is 40.3 Å². The van der Waals surface area contributed by atoms with Crippen LogP contribution >= 0.6 is 0 Å². The van der Waals surface area contributed by atoms with E-state index in [1.54, 1.807) is 21.1 Å². The molecule has 55 heavy (non-hydrogen) atoms. The number of carboxylic acid groups (broad SMARTS) is 1. The first-order chi connectivity index (χ1) is 26.6. The number of quaternary nitrogens is 1. The SMILES string of the molecule is CC/C=C/C=C/C=C/C=C/C=C/C=C/CCCCCC(=O)OCC(COCCC(C(=O)[O-])[N+](C)(C)C)OC(=O)CCCCC/C=C/CCCCCCCCC. The molecule has 2 atom stereocenters. The summed E-state index contributed by atoms with van der Waals surface area (Å²) in [5.41, 5.74) is 0. The first-order valence-electron chi connectivity index (χ1n) is 21.2. The van der Waals surface area contributed by atoms with E-state index in [2.05, 4.69) is 38.2 Å². The fraction of sp³-hybridized carbons (Fsp3) is 0.638. The smallest absolute Gasteiger partial charge is 0.306 e. The summed E-state index contributed by atoms with van der Waals surface area (Å²) in [4.78, 5) is 36.8. The Labute approximate surface area is 335 Å². The second-order valence-corrected chi connectivity index (χ2v) is 15.0. The molecule has 8 nitrogen and oxygen atoms in total. The van der Waals surface area contributed by atoms with Crippen LogP contribution in [0, 0.1) is 0 Å². The Balaban J connectivity index is 4.51. The number of hydrogen-bond acceptors (Lipinski definition) is 7. The summed E-state index contributed by atoms with van der Waals surface area (Å²) in [5.74, 6) is -1.83. The fourth-order valence-electron chi connectivity index (χ4n) is 5.62. The van der Waals surface area contributed by atoms with E-state index in [9.17, 15) is 19.5 Å². The van der Waals surface area contributed by atoms with Gasteiger partial charge in [-0.2, -0.15) is 0 Å². The number of carbonyl (C=O) groups excluding carboxylic acids is 3. The van der Waals surface area contributed by atoms with E-state index >= 15 is 0 Å². The van der Waals surface area contributed by atoms with E-state index in [-0.39, 0.29) is 55.5 Å². The Kier molecular flexibility index (Phi) is 35.1. The third-order valence-corrected chi connectivity index (χ3v) is 8.93. The zero-order valence-corrected chi connectivity index (χ0v) is 35.3. The molecule has 0 aromatic carbocycles. The van der Waals surface area contributed by atoms with Crippen LogP contribution < -0.4 is 5.11 Å². The highest BCUT2D eigenvalue weighted by Crippen LogP contribution is 2.12. The summed E-state index contributed by atoms with van der Waals surface area (Å²) in [7, 11) is 5.37. The molecule has 0 N–H and O–H groups in total. The van der Waals surface area contributed by atoms with Crippen LogP contribution in [-0.2, 0) is 28.6 Å². The van der Waals surface area contributed by atoms with Gasteiger partial charge in [-0.05, 0) is 57.8 Å². The van der Waals surface area contributed by atoms with Crippen molar-refractivity contribution in [3.05, 3.63) is 85.1 Å². The van der Waals surface area contributed by atoms with Crippen molar-refractivity contribution in [1.29, 1.82) is 0 Å². The van der Waals surface area contributed by atoms with E-state index in [1.165, 1.54) is 44.9 Å². The predicted molar refractivity (Wildman–Crippen MR) is 226 cm³/mol. The summed E-state index contributed by atoms with van der Waals surface area (Å²) in [6.07, 6.45) is 47.5. The van der Waals surface area contributed by atoms with Crippen LogP contribution in [0.4, 0.5) is 0 Å². The highest BCUT2D eigenvalue weighted by atomic mass is 16.6. The van der Waals surface area contributed by atoms with E-state index < -0.39 is 18.1 Å². The number of ether oxygens (including phenoxy) is 3. The maximum absolute atomic E-state index is 12.7. The van der Waals surface area contributed by atoms with Crippen LogP contribution in [0.15, 0.2) is 85.1 Å². The van der Waals surface area contributed by atoms with Gasteiger partial charge in [-0.15, -0.1) is 0 Å². The molecule has 0 aromatic rings. The Morgan fingerprint density at radius 3 is 1.56 bits per heavy atom. The third kappa shape index (κ3) is 35.9. The number of aliphatic carboxylic acids is 1. The van der Waals surface area contributed by atoms with E-state index in [0.29, 0.717) is 6.42 Å². The zero-order chi connectivity index (χ0) is 40.7. The minimum Gasteiger partial charge on any atom is -0.544 e. The maximum atomic E-state index is 12.7. The molecule has 312 valence electrons. The number of esters is 2. The number of rotatable bonds is 36. The minimum absolute atomic E-state index is 0.0149. The Hall–Kier alpha value is -3.49. The number of nitrogens with zero attached hydrogens (tertiary/aromatic N) is 1. The van der Waals surface area contributed by atoms with Crippen LogP contribution in [-0.4, -0.2) is 75.5 Å². The van der Waals surface area contributed by atoms with Gasteiger partial charge in [0, 0.05) is 19.3 Å². The van der Waals surface area contributed by atoms with Crippen molar-refractivity contribution in [2.24, 2.45) is 0 Å². The third-order valence-electron chi connectivity index (χ3n) is 8.93. The summed E-state index contributed by atoms with van der Waals surface area (Å²) in [6, 6.07) is -0.739. The molecular weight excluding hydrogens is 691 g/mol. The maximum Gasteiger partial charge on any atom is 0.306 e. The molecular formula is C47H77NO7. The van der Waals surface area contributed by atoms with Gasteiger partial charge >= 0.3 is 11.9 Å². The normalized spacial score (nSPS) is 13.8. The molecule has 0 heterocycles. The number of likely N-dealkylation sites (N-methyl/N-ethyl adjacent to an activating group) is 1. The number of hydrogen-bond donors (Lipinski definition) is 0. The lowest BCUT2D eigenvalue weighted by molar-refractivity contribution is -0.889. The minimum atomic E-state index is -1.14. The van der Waals surface area contributed by atoms with Gasteiger partial charge in [0.1, 0.15) is 12.6 Å². The van der Waals surface area contributed by atoms with Crippen LogP contribution in [0.5, 0.6) is 0 Å². The fourth-order valence-corrected chi connectivity index (χ4v) is 5.62. The second kappa shape index (κ2) is 37.4. The lowest BCUT2D eigenvalue weighted by Crippen LogP contribution is -2.55. The molecule has 0 aliphatic rings. The van der Waals surface area contributed by atoms with Crippen molar-refractivity contribution in [1.82, 2.24) is 0 Å². The molecule has 0 amide bonds. The topological polar surface area (TPSA) is 102 Å². The first kappa shape index (κ1) is 51.5. The summed E-state index contributed by atoms with van der Waals surface area (Å²) in [5, 5.41) is 11.6. The average Bonchev–Trinajstić information content (AvgIpc) is 3.14. The molecule has 0 aromatic heterocycles.